The van der Waals surface area contributed by atoms with Gasteiger partial charge in [0.05, 0.1) is 18.2 Å². The fourth-order valence-corrected chi connectivity index (χ4v) is 1.86. The summed E-state index contributed by atoms with van der Waals surface area (Å²) in [6.45, 7) is 0.766. The first-order valence-electron chi connectivity index (χ1n) is 4.80. The first-order valence-corrected chi connectivity index (χ1v) is 4.80. The quantitative estimate of drug-likeness (QED) is 0.727. The average molecular weight is 187 g/mol. The lowest BCUT2D eigenvalue weighted by Gasteiger charge is -2.14. The zero-order valence-electron chi connectivity index (χ0n) is 8.29. The topological polar surface area (TPSA) is 33.0 Å². The van der Waals surface area contributed by atoms with Crippen molar-refractivity contribution >= 4 is 0 Å². The summed E-state index contributed by atoms with van der Waals surface area (Å²) in [6.07, 6.45) is 2.35. The van der Waals surface area contributed by atoms with Crippen LogP contribution in [0.5, 0.6) is 0 Å². The Hall–Kier alpha value is -1.33. The minimum Gasteiger partial charge on any atom is -0.384 e. The van der Waals surface area contributed by atoms with Gasteiger partial charge in [-0.15, -0.1) is 0 Å². The van der Waals surface area contributed by atoms with Gasteiger partial charge in [0.2, 0.25) is 0 Å². The minimum absolute atomic E-state index is 0.210. The van der Waals surface area contributed by atoms with Crippen molar-refractivity contribution in [3.63, 3.8) is 0 Å². The third kappa shape index (κ3) is 1.51. The summed E-state index contributed by atoms with van der Waals surface area (Å²) >= 11 is 0. The average Bonchev–Trinajstić information content (AvgIpc) is 3.00. The molecule has 0 amide bonds. The van der Waals surface area contributed by atoms with E-state index in [0.29, 0.717) is 0 Å². The van der Waals surface area contributed by atoms with Gasteiger partial charge in [0.15, 0.2) is 0 Å². The third-order valence-corrected chi connectivity index (χ3v) is 2.88. The summed E-state index contributed by atoms with van der Waals surface area (Å²) in [5, 5.41) is 8.80. The molecule has 2 nitrogen and oxygen atoms in total. The monoisotopic (exact) mass is 187 g/mol. The number of methoxy groups -OCH3 is 1. The zero-order chi connectivity index (χ0) is 10.0. The van der Waals surface area contributed by atoms with Gasteiger partial charge < -0.3 is 4.74 Å². The van der Waals surface area contributed by atoms with Crippen LogP contribution in [0.25, 0.3) is 0 Å². The molecule has 0 heterocycles. The van der Waals surface area contributed by atoms with E-state index in [9.17, 15) is 0 Å². The second kappa shape index (κ2) is 3.43. The van der Waals surface area contributed by atoms with Crippen LogP contribution >= 0.6 is 0 Å². The fraction of sp³-hybridized carbons (Fsp3) is 0.417. The Morgan fingerprint density at radius 1 is 1.50 bits per heavy atom. The highest BCUT2D eigenvalue weighted by Crippen LogP contribution is 2.48. The highest BCUT2D eigenvalue weighted by molar-refractivity contribution is 5.39. The second-order valence-corrected chi connectivity index (χ2v) is 3.91. The molecule has 1 fully saturated rings. The molecule has 0 aliphatic heterocycles. The summed E-state index contributed by atoms with van der Waals surface area (Å²) < 4.78 is 5.21. The molecule has 1 aromatic rings. The maximum atomic E-state index is 8.80. The van der Waals surface area contributed by atoms with E-state index in [1.54, 1.807) is 7.11 Å². The van der Waals surface area contributed by atoms with Gasteiger partial charge in [-0.25, -0.2) is 0 Å². The predicted molar refractivity (Wildman–Crippen MR) is 53.9 cm³/mol. The lowest BCUT2D eigenvalue weighted by Crippen LogP contribution is -2.13. The Balaban J connectivity index is 2.28. The number of nitriles is 1. The zero-order valence-corrected chi connectivity index (χ0v) is 8.29. The van der Waals surface area contributed by atoms with Gasteiger partial charge in [-0.05, 0) is 30.5 Å². The number of rotatable bonds is 3. The molecular formula is C12H13NO. The van der Waals surface area contributed by atoms with Crippen molar-refractivity contribution in [2.24, 2.45) is 0 Å². The lowest BCUT2D eigenvalue weighted by molar-refractivity contribution is 0.171. The highest BCUT2D eigenvalue weighted by atomic mass is 16.5. The van der Waals surface area contributed by atoms with E-state index in [4.69, 9.17) is 10.00 Å². The van der Waals surface area contributed by atoms with Crippen molar-refractivity contribution in [1.29, 1.82) is 5.26 Å². The number of benzene rings is 1. The van der Waals surface area contributed by atoms with Crippen molar-refractivity contribution in [2.45, 2.75) is 18.3 Å². The van der Waals surface area contributed by atoms with Crippen molar-refractivity contribution in [3.05, 3.63) is 35.4 Å². The standard InChI is InChI=1S/C12H13NO/c1-14-9-12(5-6-12)11-4-2-3-10(7-11)8-13/h2-4,7H,5-6,9H2,1H3. The van der Waals surface area contributed by atoms with E-state index >= 15 is 0 Å². The molecule has 0 N–H and O–H groups in total. The van der Waals surface area contributed by atoms with Crippen LogP contribution in [-0.4, -0.2) is 13.7 Å². The predicted octanol–water partition coefficient (Wildman–Crippen LogP) is 2.24. The van der Waals surface area contributed by atoms with E-state index in [1.807, 2.05) is 18.2 Å². The fourth-order valence-electron chi connectivity index (χ4n) is 1.86. The number of nitrogens with zero attached hydrogens (tertiary/aromatic N) is 1. The van der Waals surface area contributed by atoms with Gasteiger partial charge in [-0.3, -0.25) is 0 Å². The van der Waals surface area contributed by atoms with E-state index in [-0.39, 0.29) is 5.41 Å². The summed E-state index contributed by atoms with van der Waals surface area (Å²) in [7, 11) is 1.73. The molecule has 0 spiro atoms. The van der Waals surface area contributed by atoms with Crippen LogP contribution in [0.4, 0.5) is 0 Å². The van der Waals surface area contributed by atoms with Crippen LogP contribution in [0.2, 0.25) is 0 Å². The molecule has 0 bridgehead atoms. The van der Waals surface area contributed by atoms with Crippen LogP contribution in [0.1, 0.15) is 24.0 Å². The Bertz CT molecular complexity index is 374. The summed E-state index contributed by atoms with van der Waals surface area (Å²) in [5.74, 6) is 0. The summed E-state index contributed by atoms with van der Waals surface area (Å²) in [4.78, 5) is 0. The van der Waals surface area contributed by atoms with Crippen molar-refractivity contribution < 1.29 is 4.74 Å². The smallest absolute Gasteiger partial charge is 0.0991 e. The molecule has 1 aliphatic rings. The molecule has 0 aromatic heterocycles. The summed E-state index contributed by atoms with van der Waals surface area (Å²) in [5.41, 5.74) is 2.20. The molecule has 0 radical (unpaired) electrons. The molecule has 1 saturated carbocycles. The number of hydrogen-bond donors (Lipinski definition) is 0. The van der Waals surface area contributed by atoms with Gasteiger partial charge >= 0.3 is 0 Å². The Kier molecular flexibility index (Phi) is 2.26. The molecule has 0 atom stereocenters. The first kappa shape index (κ1) is 9.23. The van der Waals surface area contributed by atoms with E-state index in [0.717, 1.165) is 12.2 Å². The van der Waals surface area contributed by atoms with Gasteiger partial charge in [0.25, 0.3) is 0 Å². The molecule has 14 heavy (non-hydrogen) atoms. The number of ether oxygens (including phenoxy) is 1. The van der Waals surface area contributed by atoms with E-state index in [2.05, 4.69) is 12.1 Å². The van der Waals surface area contributed by atoms with Gasteiger partial charge in [0, 0.05) is 12.5 Å². The summed E-state index contributed by atoms with van der Waals surface area (Å²) in [6, 6.07) is 10.0. The molecule has 1 aromatic carbocycles. The first-order chi connectivity index (χ1) is 6.80. The van der Waals surface area contributed by atoms with Crippen LogP contribution < -0.4 is 0 Å². The maximum absolute atomic E-state index is 8.80. The van der Waals surface area contributed by atoms with E-state index in [1.165, 1.54) is 18.4 Å². The molecular weight excluding hydrogens is 174 g/mol. The van der Waals surface area contributed by atoms with Crippen LogP contribution in [0.15, 0.2) is 24.3 Å². The SMILES string of the molecule is COCC1(c2cccc(C#N)c2)CC1. The van der Waals surface area contributed by atoms with Crippen molar-refractivity contribution in [3.8, 4) is 6.07 Å². The number of hydrogen-bond acceptors (Lipinski definition) is 2. The molecule has 72 valence electrons. The molecule has 0 unspecified atom stereocenters. The van der Waals surface area contributed by atoms with Crippen molar-refractivity contribution in [1.82, 2.24) is 0 Å². The van der Waals surface area contributed by atoms with Gasteiger partial charge in [-0.1, -0.05) is 12.1 Å². The van der Waals surface area contributed by atoms with Crippen LogP contribution in [0, 0.1) is 11.3 Å². The van der Waals surface area contributed by atoms with Gasteiger partial charge in [-0.2, -0.15) is 5.26 Å². The Morgan fingerprint density at radius 2 is 2.29 bits per heavy atom. The molecule has 1 aliphatic carbocycles. The Morgan fingerprint density at radius 3 is 2.86 bits per heavy atom. The van der Waals surface area contributed by atoms with E-state index < -0.39 is 0 Å². The lowest BCUT2D eigenvalue weighted by atomic mass is 9.95. The van der Waals surface area contributed by atoms with Crippen molar-refractivity contribution in [2.75, 3.05) is 13.7 Å². The molecule has 0 saturated heterocycles. The van der Waals surface area contributed by atoms with Crippen LogP contribution in [-0.2, 0) is 10.2 Å². The van der Waals surface area contributed by atoms with Crippen LogP contribution in [0.3, 0.4) is 0 Å². The largest absolute Gasteiger partial charge is 0.384 e. The highest BCUT2D eigenvalue weighted by Gasteiger charge is 2.44. The second-order valence-electron chi connectivity index (χ2n) is 3.91. The minimum atomic E-state index is 0.210. The third-order valence-electron chi connectivity index (χ3n) is 2.88. The normalized spacial score (nSPS) is 17.4. The maximum Gasteiger partial charge on any atom is 0.0991 e. The molecule has 2 heteroatoms. The Labute approximate surface area is 84.1 Å². The van der Waals surface area contributed by atoms with Gasteiger partial charge in [0.1, 0.15) is 0 Å². The molecule has 2 rings (SSSR count).